The Bertz CT molecular complexity index is 931. The Morgan fingerprint density at radius 2 is 1.85 bits per heavy atom. The zero-order valence-corrected chi connectivity index (χ0v) is 14.3. The van der Waals surface area contributed by atoms with Gasteiger partial charge < -0.3 is 9.57 Å². The van der Waals surface area contributed by atoms with Gasteiger partial charge in [0, 0.05) is 24.1 Å². The number of nitrogens with zero attached hydrogens (tertiary/aromatic N) is 2. The maximum Gasteiger partial charge on any atom is 0.287 e. The summed E-state index contributed by atoms with van der Waals surface area (Å²) in [5.74, 6) is 1.07. The minimum Gasteiger partial charge on any atom is -0.485 e. The van der Waals surface area contributed by atoms with Crippen molar-refractivity contribution in [3.63, 3.8) is 0 Å². The van der Waals surface area contributed by atoms with E-state index in [1.54, 1.807) is 0 Å². The lowest BCUT2D eigenvalue weighted by Gasteiger charge is -2.32. The van der Waals surface area contributed by atoms with Crippen molar-refractivity contribution in [2.75, 3.05) is 0 Å². The second-order valence-electron chi connectivity index (χ2n) is 6.17. The molecule has 2 aromatic carbocycles. The second-order valence-corrected chi connectivity index (χ2v) is 6.17. The topological polar surface area (TPSA) is 86.5 Å². The molecule has 1 aliphatic rings. The van der Waals surface area contributed by atoms with Crippen LogP contribution < -0.4 is 15.1 Å². The SMILES string of the molecule is O=[N+]([O-])c1ccc(ONC2CC(c3ccccc3)Oc3ccccc32)nc1. The van der Waals surface area contributed by atoms with Crippen LogP contribution in [0.4, 0.5) is 5.69 Å². The van der Waals surface area contributed by atoms with Gasteiger partial charge in [0.25, 0.3) is 5.69 Å². The molecule has 0 spiro atoms. The van der Waals surface area contributed by atoms with E-state index >= 15 is 0 Å². The number of nitro groups is 1. The Morgan fingerprint density at radius 3 is 2.59 bits per heavy atom. The highest BCUT2D eigenvalue weighted by Crippen LogP contribution is 2.40. The average molecular weight is 363 g/mol. The minimum absolute atomic E-state index is 0.0806. The zero-order valence-electron chi connectivity index (χ0n) is 14.3. The number of aromatic nitrogens is 1. The van der Waals surface area contributed by atoms with Crippen molar-refractivity contribution in [1.29, 1.82) is 0 Å². The monoisotopic (exact) mass is 363 g/mol. The van der Waals surface area contributed by atoms with Crippen LogP contribution in [0, 0.1) is 10.1 Å². The Hall–Kier alpha value is -3.45. The van der Waals surface area contributed by atoms with Crippen LogP contribution in [0.3, 0.4) is 0 Å². The highest BCUT2D eigenvalue weighted by molar-refractivity contribution is 5.39. The van der Waals surface area contributed by atoms with Crippen LogP contribution in [0.15, 0.2) is 72.9 Å². The van der Waals surface area contributed by atoms with E-state index in [1.165, 1.54) is 18.3 Å². The highest BCUT2D eigenvalue weighted by Gasteiger charge is 2.29. The molecule has 2 unspecified atom stereocenters. The Labute approximate surface area is 155 Å². The normalized spacial score (nSPS) is 18.2. The molecule has 0 amide bonds. The molecule has 0 bridgehead atoms. The fourth-order valence-electron chi connectivity index (χ4n) is 3.07. The van der Waals surface area contributed by atoms with Gasteiger partial charge in [0.05, 0.1) is 11.0 Å². The molecule has 2 atom stereocenters. The predicted molar refractivity (Wildman–Crippen MR) is 98.3 cm³/mol. The van der Waals surface area contributed by atoms with Gasteiger partial charge in [-0.05, 0) is 11.6 Å². The number of pyridine rings is 1. The highest BCUT2D eigenvalue weighted by atomic mass is 16.7. The van der Waals surface area contributed by atoms with Crippen molar-refractivity contribution in [2.45, 2.75) is 18.6 Å². The summed E-state index contributed by atoms with van der Waals surface area (Å²) in [6.45, 7) is 0. The van der Waals surface area contributed by atoms with E-state index in [0.717, 1.165) is 16.9 Å². The number of nitrogens with one attached hydrogen (secondary N) is 1. The van der Waals surface area contributed by atoms with Gasteiger partial charge >= 0.3 is 0 Å². The van der Waals surface area contributed by atoms with Crippen molar-refractivity contribution in [2.24, 2.45) is 0 Å². The van der Waals surface area contributed by atoms with Gasteiger partial charge in [0.15, 0.2) is 0 Å². The lowest BCUT2D eigenvalue weighted by atomic mass is 9.93. The minimum atomic E-state index is -0.497. The van der Waals surface area contributed by atoms with Crippen LogP contribution in [0.5, 0.6) is 11.6 Å². The number of benzene rings is 2. The number of hydroxylamine groups is 1. The van der Waals surface area contributed by atoms with Crippen molar-refractivity contribution in [3.05, 3.63) is 94.2 Å². The molecule has 0 saturated heterocycles. The molecular weight excluding hydrogens is 346 g/mol. The van der Waals surface area contributed by atoms with E-state index in [-0.39, 0.29) is 23.7 Å². The number of rotatable bonds is 5. The third-order valence-corrected chi connectivity index (χ3v) is 4.42. The van der Waals surface area contributed by atoms with Gasteiger partial charge in [-0.3, -0.25) is 10.1 Å². The van der Waals surface area contributed by atoms with E-state index in [0.29, 0.717) is 6.42 Å². The largest absolute Gasteiger partial charge is 0.485 e. The van der Waals surface area contributed by atoms with Crippen LogP contribution in [0.1, 0.15) is 29.7 Å². The van der Waals surface area contributed by atoms with Gasteiger partial charge in [-0.25, -0.2) is 4.98 Å². The van der Waals surface area contributed by atoms with Gasteiger partial charge in [-0.2, -0.15) is 0 Å². The lowest BCUT2D eigenvalue weighted by Crippen LogP contribution is -2.31. The predicted octanol–water partition coefficient (Wildman–Crippen LogP) is 4.14. The standard InChI is InChI=1S/C20H17N3O4/c24-23(25)15-10-11-20(21-13-15)27-22-17-12-19(14-6-2-1-3-7-14)26-18-9-5-4-8-16(17)18/h1-11,13,17,19,22H,12H2. The summed E-state index contributed by atoms with van der Waals surface area (Å²) in [6.07, 6.45) is 1.74. The third-order valence-electron chi connectivity index (χ3n) is 4.42. The van der Waals surface area contributed by atoms with Gasteiger partial charge in [0.1, 0.15) is 18.1 Å². The molecule has 0 radical (unpaired) electrons. The zero-order chi connectivity index (χ0) is 18.6. The van der Waals surface area contributed by atoms with Crippen LogP contribution in [0.2, 0.25) is 0 Å². The summed E-state index contributed by atoms with van der Waals surface area (Å²) in [7, 11) is 0. The maximum absolute atomic E-state index is 10.7. The number of hydrogen-bond acceptors (Lipinski definition) is 6. The molecule has 1 aromatic heterocycles. The smallest absolute Gasteiger partial charge is 0.287 e. The Balaban J connectivity index is 1.52. The second kappa shape index (κ2) is 7.43. The summed E-state index contributed by atoms with van der Waals surface area (Å²) >= 11 is 0. The maximum atomic E-state index is 10.7. The summed E-state index contributed by atoms with van der Waals surface area (Å²) in [5, 5.41) is 10.7. The molecule has 0 saturated carbocycles. The van der Waals surface area contributed by atoms with Crippen molar-refractivity contribution >= 4 is 5.69 Å². The van der Waals surface area contributed by atoms with E-state index in [2.05, 4.69) is 10.5 Å². The molecule has 4 rings (SSSR count). The molecule has 0 aliphatic carbocycles. The van der Waals surface area contributed by atoms with E-state index in [1.807, 2.05) is 54.6 Å². The van der Waals surface area contributed by atoms with Crippen LogP contribution in [-0.4, -0.2) is 9.91 Å². The van der Waals surface area contributed by atoms with E-state index in [9.17, 15) is 10.1 Å². The molecule has 1 aliphatic heterocycles. The van der Waals surface area contributed by atoms with Gasteiger partial charge in [-0.1, -0.05) is 48.5 Å². The van der Waals surface area contributed by atoms with Crippen molar-refractivity contribution in [1.82, 2.24) is 10.5 Å². The first-order valence-corrected chi connectivity index (χ1v) is 8.54. The molecule has 1 N–H and O–H groups in total. The van der Waals surface area contributed by atoms with E-state index in [4.69, 9.17) is 9.57 Å². The summed E-state index contributed by atoms with van der Waals surface area (Å²) in [4.78, 5) is 19.8. The molecular formula is C20H17N3O4. The first-order valence-electron chi connectivity index (χ1n) is 8.54. The third kappa shape index (κ3) is 3.73. The Morgan fingerprint density at radius 1 is 1.07 bits per heavy atom. The van der Waals surface area contributed by atoms with Crippen LogP contribution in [0.25, 0.3) is 0 Å². The van der Waals surface area contributed by atoms with Crippen LogP contribution in [-0.2, 0) is 0 Å². The molecule has 3 aromatic rings. The van der Waals surface area contributed by atoms with Crippen LogP contribution >= 0.6 is 0 Å². The first kappa shape index (κ1) is 17.0. The van der Waals surface area contributed by atoms with Gasteiger partial charge in [-0.15, -0.1) is 5.48 Å². The summed E-state index contributed by atoms with van der Waals surface area (Å²) in [6, 6.07) is 20.5. The molecule has 136 valence electrons. The molecule has 27 heavy (non-hydrogen) atoms. The molecule has 7 nitrogen and oxygen atoms in total. The number of para-hydroxylation sites is 1. The fraction of sp³-hybridized carbons (Fsp3) is 0.150. The average Bonchev–Trinajstić information content (AvgIpc) is 2.72. The number of hydrogen-bond donors (Lipinski definition) is 1. The lowest BCUT2D eigenvalue weighted by molar-refractivity contribution is -0.385. The van der Waals surface area contributed by atoms with E-state index < -0.39 is 4.92 Å². The summed E-state index contributed by atoms with van der Waals surface area (Å²) in [5.41, 5.74) is 5.03. The van der Waals surface area contributed by atoms with Crippen molar-refractivity contribution < 1.29 is 14.5 Å². The first-order chi connectivity index (χ1) is 13.2. The molecule has 2 heterocycles. The summed E-state index contributed by atoms with van der Waals surface area (Å²) < 4.78 is 6.16. The quantitative estimate of drug-likeness (QED) is 0.542. The fourth-order valence-corrected chi connectivity index (χ4v) is 3.07. The number of fused-ring (bicyclic) bond motifs is 1. The number of ether oxygens (including phenoxy) is 1. The Kier molecular flexibility index (Phi) is 4.67. The van der Waals surface area contributed by atoms with Crippen molar-refractivity contribution in [3.8, 4) is 11.6 Å². The van der Waals surface area contributed by atoms with Gasteiger partial charge in [0.2, 0.25) is 5.88 Å². The molecule has 7 heteroatoms. The molecule has 0 fully saturated rings.